The van der Waals surface area contributed by atoms with E-state index < -0.39 is 5.60 Å². The molecule has 4 nitrogen and oxygen atoms in total. The molecule has 0 aliphatic carbocycles. The summed E-state index contributed by atoms with van der Waals surface area (Å²) in [5, 5.41) is 0. The van der Waals surface area contributed by atoms with Gasteiger partial charge in [0.05, 0.1) is 5.69 Å². The van der Waals surface area contributed by atoms with Crippen LogP contribution in [0, 0.1) is 0 Å². The Morgan fingerprint density at radius 3 is 2.61 bits per heavy atom. The quantitative estimate of drug-likeness (QED) is 0.817. The first-order valence-corrected chi connectivity index (χ1v) is 6.16. The number of rotatable bonds is 3. The summed E-state index contributed by atoms with van der Waals surface area (Å²) >= 11 is 0. The fourth-order valence-electron chi connectivity index (χ4n) is 2.04. The maximum Gasteiger partial charge on any atom is 0.270 e. The van der Waals surface area contributed by atoms with E-state index in [1.807, 2.05) is 57.1 Å². The van der Waals surface area contributed by atoms with Crippen molar-refractivity contribution in [3.8, 4) is 5.75 Å². The van der Waals surface area contributed by atoms with Crippen LogP contribution in [-0.2, 0) is 4.79 Å². The van der Waals surface area contributed by atoms with Gasteiger partial charge in [-0.05, 0) is 40.1 Å². The first kappa shape index (κ1) is 12.9. The molecule has 98 valence electrons. The smallest absolute Gasteiger partial charge is 0.270 e. The zero-order valence-corrected chi connectivity index (χ0v) is 11.4. The number of amides is 1. The van der Waals surface area contributed by atoms with Crippen LogP contribution in [0.3, 0.4) is 0 Å². The molecule has 0 aromatic heterocycles. The maximum atomic E-state index is 12.4. The van der Waals surface area contributed by atoms with Crippen LogP contribution in [0.4, 0.5) is 5.69 Å². The summed E-state index contributed by atoms with van der Waals surface area (Å²) < 4.78 is 5.76. The third kappa shape index (κ3) is 2.34. The number of benzene rings is 1. The first-order chi connectivity index (χ1) is 8.42. The van der Waals surface area contributed by atoms with Crippen LogP contribution >= 0.6 is 0 Å². The fourth-order valence-corrected chi connectivity index (χ4v) is 2.04. The summed E-state index contributed by atoms with van der Waals surface area (Å²) in [6, 6.07) is 7.69. The standard InChI is InChI=1S/C14H20N2O2/c1-14(2)13(17)16(10-9-15(3)4)11-7-5-6-8-12(11)18-14/h5-8H,9-10H2,1-4H3. The van der Waals surface area contributed by atoms with E-state index in [2.05, 4.69) is 4.90 Å². The van der Waals surface area contributed by atoms with Crippen LogP contribution in [0.15, 0.2) is 24.3 Å². The Labute approximate surface area is 108 Å². The molecule has 0 saturated heterocycles. The van der Waals surface area contributed by atoms with Gasteiger partial charge in [-0.25, -0.2) is 0 Å². The fraction of sp³-hybridized carbons (Fsp3) is 0.500. The zero-order chi connectivity index (χ0) is 13.3. The lowest BCUT2D eigenvalue weighted by atomic mass is 10.0. The average molecular weight is 248 g/mol. The summed E-state index contributed by atoms with van der Waals surface area (Å²) in [7, 11) is 4.00. The number of hydrogen-bond donors (Lipinski definition) is 0. The predicted molar refractivity (Wildman–Crippen MR) is 72.1 cm³/mol. The Balaban J connectivity index is 2.33. The molecule has 0 spiro atoms. The zero-order valence-electron chi connectivity index (χ0n) is 11.4. The summed E-state index contributed by atoms with van der Waals surface area (Å²) in [4.78, 5) is 16.3. The second-order valence-electron chi connectivity index (χ2n) is 5.34. The van der Waals surface area contributed by atoms with Gasteiger partial charge in [0.15, 0.2) is 5.60 Å². The molecule has 4 heteroatoms. The van der Waals surface area contributed by atoms with Crippen molar-refractivity contribution in [3.05, 3.63) is 24.3 Å². The van der Waals surface area contributed by atoms with Crippen LogP contribution in [0.5, 0.6) is 5.75 Å². The Morgan fingerprint density at radius 2 is 1.94 bits per heavy atom. The van der Waals surface area contributed by atoms with Gasteiger partial charge in [0.1, 0.15) is 5.75 Å². The molecule has 1 aliphatic rings. The minimum Gasteiger partial charge on any atom is -0.476 e. The van der Waals surface area contributed by atoms with Crippen molar-refractivity contribution in [1.82, 2.24) is 4.90 Å². The van der Waals surface area contributed by atoms with Gasteiger partial charge < -0.3 is 14.5 Å². The Morgan fingerprint density at radius 1 is 1.28 bits per heavy atom. The van der Waals surface area contributed by atoms with Gasteiger partial charge in [-0.3, -0.25) is 4.79 Å². The summed E-state index contributed by atoms with van der Waals surface area (Å²) in [5.74, 6) is 0.795. The number of ether oxygens (including phenoxy) is 1. The van der Waals surface area contributed by atoms with E-state index in [1.165, 1.54) is 0 Å². The second-order valence-corrected chi connectivity index (χ2v) is 5.34. The van der Waals surface area contributed by atoms with E-state index in [4.69, 9.17) is 4.74 Å². The lowest BCUT2D eigenvalue weighted by Crippen LogP contribution is -2.53. The molecule has 0 unspecified atom stereocenters. The van der Waals surface area contributed by atoms with Gasteiger partial charge in [-0.15, -0.1) is 0 Å². The predicted octanol–water partition coefficient (Wildman–Crippen LogP) is 1.75. The van der Waals surface area contributed by atoms with Crippen LogP contribution in [0.2, 0.25) is 0 Å². The molecule has 1 heterocycles. The molecule has 0 saturated carbocycles. The second kappa shape index (κ2) is 4.61. The molecule has 18 heavy (non-hydrogen) atoms. The Bertz CT molecular complexity index is 455. The molecule has 1 aromatic carbocycles. The molecular formula is C14H20N2O2. The van der Waals surface area contributed by atoms with E-state index >= 15 is 0 Å². The van der Waals surface area contributed by atoms with Gasteiger partial charge in [0, 0.05) is 13.1 Å². The van der Waals surface area contributed by atoms with Crippen molar-refractivity contribution in [1.29, 1.82) is 0 Å². The number of carbonyl (C=O) groups excluding carboxylic acids is 1. The highest BCUT2D eigenvalue weighted by Crippen LogP contribution is 2.37. The SMILES string of the molecule is CN(C)CCN1C(=O)C(C)(C)Oc2ccccc21. The number of fused-ring (bicyclic) bond motifs is 1. The van der Waals surface area contributed by atoms with Crippen LogP contribution in [0.25, 0.3) is 0 Å². The van der Waals surface area contributed by atoms with Crippen molar-refractivity contribution in [2.24, 2.45) is 0 Å². The normalized spacial score (nSPS) is 17.6. The molecule has 2 rings (SSSR count). The third-order valence-corrected chi connectivity index (χ3v) is 3.05. The van der Waals surface area contributed by atoms with Crippen molar-refractivity contribution < 1.29 is 9.53 Å². The minimum atomic E-state index is -0.791. The van der Waals surface area contributed by atoms with E-state index in [-0.39, 0.29) is 5.91 Å². The highest BCUT2D eigenvalue weighted by Gasteiger charge is 2.40. The molecule has 0 fully saturated rings. The van der Waals surface area contributed by atoms with E-state index in [0.29, 0.717) is 6.54 Å². The molecular weight excluding hydrogens is 228 g/mol. The van der Waals surface area contributed by atoms with E-state index in [1.54, 1.807) is 0 Å². The Hall–Kier alpha value is -1.55. The molecule has 0 N–H and O–H groups in total. The molecule has 0 atom stereocenters. The van der Waals surface area contributed by atoms with Gasteiger partial charge >= 0.3 is 0 Å². The molecule has 1 aliphatic heterocycles. The van der Waals surface area contributed by atoms with Crippen LogP contribution < -0.4 is 9.64 Å². The summed E-state index contributed by atoms with van der Waals surface area (Å²) in [6.45, 7) is 5.13. The van der Waals surface area contributed by atoms with Gasteiger partial charge in [-0.1, -0.05) is 12.1 Å². The topological polar surface area (TPSA) is 32.8 Å². The molecule has 1 aromatic rings. The molecule has 0 radical (unpaired) electrons. The molecule has 0 bridgehead atoms. The maximum absolute atomic E-state index is 12.4. The monoisotopic (exact) mass is 248 g/mol. The van der Waals surface area contributed by atoms with Gasteiger partial charge in [-0.2, -0.15) is 0 Å². The third-order valence-electron chi connectivity index (χ3n) is 3.05. The minimum absolute atomic E-state index is 0.0167. The van der Waals surface area contributed by atoms with E-state index in [9.17, 15) is 4.79 Å². The van der Waals surface area contributed by atoms with Crippen molar-refractivity contribution in [3.63, 3.8) is 0 Å². The number of carbonyl (C=O) groups is 1. The van der Waals surface area contributed by atoms with Crippen LogP contribution in [-0.4, -0.2) is 43.6 Å². The first-order valence-electron chi connectivity index (χ1n) is 6.16. The van der Waals surface area contributed by atoms with Gasteiger partial charge in [0.2, 0.25) is 0 Å². The largest absolute Gasteiger partial charge is 0.476 e. The summed E-state index contributed by atoms with van der Waals surface area (Å²) in [6.07, 6.45) is 0. The van der Waals surface area contributed by atoms with Crippen molar-refractivity contribution in [2.75, 3.05) is 32.1 Å². The van der Waals surface area contributed by atoms with Gasteiger partial charge in [0.25, 0.3) is 5.91 Å². The Kier molecular flexibility index (Phi) is 3.30. The summed E-state index contributed by atoms with van der Waals surface area (Å²) in [5.41, 5.74) is 0.0735. The highest BCUT2D eigenvalue weighted by molar-refractivity contribution is 6.02. The lowest BCUT2D eigenvalue weighted by molar-refractivity contribution is -0.132. The van der Waals surface area contributed by atoms with Crippen molar-refractivity contribution >= 4 is 11.6 Å². The molecule has 1 amide bonds. The van der Waals surface area contributed by atoms with Crippen LogP contribution in [0.1, 0.15) is 13.8 Å². The number of para-hydroxylation sites is 2. The number of likely N-dealkylation sites (N-methyl/N-ethyl adjacent to an activating group) is 1. The number of hydrogen-bond acceptors (Lipinski definition) is 3. The number of anilines is 1. The van der Waals surface area contributed by atoms with Crippen molar-refractivity contribution in [2.45, 2.75) is 19.4 Å². The highest BCUT2D eigenvalue weighted by atomic mass is 16.5. The lowest BCUT2D eigenvalue weighted by Gasteiger charge is -2.39. The van der Waals surface area contributed by atoms with E-state index in [0.717, 1.165) is 18.0 Å². The number of nitrogens with zero attached hydrogens (tertiary/aromatic N) is 2. The average Bonchev–Trinajstić information content (AvgIpc) is 2.29.